The van der Waals surface area contributed by atoms with Crippen LogP contribution >= 0.6 is 15.6 Å². The number of aliphatic hydroxyl groups excluding tert-OH is 2. The first kappa shape index (κ1) is 65.0. The highest BCUT2D eigenvalue weighted by molar-refractivity contribution is 7.47. The third-order valence-corrected chi connectivity index (χ3v) is 12.7. The van der Waals surface area contributed by atoms with E-state index in [4.69, 9.17) is 28.3 Å². The van der Waals surface area contributed by atoms with Gasteiger partial charge in [0.05, 0.1) is 25.9 Å². The van der Waals surface area contributed by atoms with Gasteiger partial charge in [0.25, 0.3) is 0 Å². The molecule has 0 saturated heterocycles. The first-order valence-corrected chi connectivity index (χ1v) is 28.8. The van der Waals surface area contributed by atoms with Crippen LogP contribution in [0, 0.1) is 5.92 Å². The average molecular weight is 993 g/mol. The topological polar surface area (TPSA) is 216 Å². The number of phosphoric ester groups is 2. The smallest absolute Gasteiger partial charge is 0.462 e. The van der Waals surface area contributed by atoms with Gasteiger partial charge in [-0.1, -0.05) is 184 Å². The quantitative estimate of drug-likeness (QED) is 0.0166. The molecule has 0 spiro atoms. The molecule has 0 saturated carbocycles. The summed E-state index contributed by atoms with van der Waals surface area (Å²) in [5, 5.41) is 19.1. The largest absolute Gasteiger partial charge is 0.472 e. The van der Waals surface area contributed by atoms with Crippen LogP contribution in [-0.2, 0) is 41.8 Å². The summed E-state index contributed by atoms with van der Waals surface area (Å²) in [6.07, 6.45) is 45.2. The van der Waals surface area contributed by atoms with Crippen molar-refractivity contribution in [1.29, 1.82) is 0 Å². The molecule has 0 rings (SSSR count). The van der Waals surface area contributed by atoms with Gasteiger partial charge in [-0.25, -0.2) is 9.13 Å². The monoisotopic (exact) mass is 993 g/mol. The molecule has 0 heterocycles. The molecule has 0 aliphatic heterocycles. The lowest BCUT2D eigenvalue weighted by Crippen LogP contribution is -2.29. The van der Waals surface area contributed by atoms with Crippen molar-refractivity contribution in [2.24, 2.45) is 5.92 Å². The van der Waals surface area contributed by atoms with Crippen LogP contribution in [0.1, 0.15) is 213 Å². The van der Waals surface area contributed by atoms with E-state index in [1.807, 2.05) is 12.2 Å². The summed E-state index contributed by atoms with van der Waals surface area (Å²) in [4.78, 5) is 52.9. The van der Waals surface area contributed by atoms with Crippen molar-refractivity contribution < 1.29 is 66.7 Å². The van der Waals surface area contributed by atoms with E-state index in [1.165, 1.54) is 103 Å². The SMILES string of the molecule is CCC(C)CCCCCCCCCCCCCCCCCCCCC(=O)OC[C@H](COP(=O)(O)OC[C@@H](O)COP(=O)(O)O)OC(=O)CCC/C=C\C/C=C\C/C=C\C/C=C\CCC[C@H](C)O. The first-order chi connectivity index (χ1) is 32.1. The van der Waals surface area contributed by atoms with Gasteiger partial charge in [0.2, 0.25) is 0 Å². The number of esters is 2. The van der Waals surface area contributed by atoms with E-state index in [0.717, 1.165) is 63.7 Å². The van der Waals surface area contributed by atoms with Crippen LogP contribution < -0.4 is 0 Å². The molecule has 5 N–H and O–H groups in total. The van der Waals surface area contributed by atoms with Crippen molar-refractivity contribution in [2.75, 3.05) is 26.4 Å². The highest BCUT2D eigenvalue weighted by atomic mass is 31.2. The molecule has 14 nitrogen and oxygen atoms in total. The van der Waals surface area contributed by atoms with Gasteiger partial charge < -0.3 is 34.4 Å². The van der Waals surface area contributed by atoms with Crippen molar-refractivity contribution >= 4 is 27.6 Å². The molecule has 0 fully saturated rings. The molecule has 5 atom stereocenters. The van der Waals surface area contributed by atoms with E-state index in [2.05, 4.69) is 54.8 Å². The Kier molecular flexibility index (Phi) is 43.9. The van der Waals surface area contributed by atoms with Crippen LogP contribution in [-0.4, -0.2) is 81.6 Å². The van der Waals surface area contributed by atoms with Crippen LogP contribution in [0.15, 0.2) is 48.6 Å². The minimum Gasteiger partial charge on any atom is -0.462 e. The molecule has 0 aromatic carbocycles. The maximum Gasteiger partial charge on any atom is 0.472 e. The second kappa shape index (κ2) is 45.2. The molecule has 0 amide bonds. The molecule has 0 radical (unpaired) electrons. The third kappa shape index (κ3) is 50.2. The molecule has 2 unspecified atom stereocenters. The fourth-order valence-electron chi connectivity index (χ4n) is 6.98. The molecule has 67 heavy (non-hydrogen) atoms. The predicted molar refractivity (Wildman–Crippen MR) is 268 cm³/mol. The highest BCUT2D eigenvalue weighted by Crippen LogP contribution is 2.44. The zero-order valence-corrected chi connectivity index (χ0v) is 43.6. The Balaban J connectivity index is 4.44. The standard InChI is InChI=1S/C51H94O14P2/c1-4-46(2)38-34-30-26-22-18-14-10-7-5-6-8-12-16-20-24-28-32-36-40-50(54)61-44-49(45-64-67(59,60)63-43-48(53)42-62-66(56,57)58)65-51(55)41-37-33-29-25-21-17-13-9-11-15-19-23-27-31-35-39-47(3)52/h11,13,15,17,23,25,27,29,46-49,52-53H,4-10,12,14,16,18-22,24,26,28,30-45H2,1-3H3,(H,59,60)(H2,56,57,58)/b15-11-,17-13-,27-23-,29-25-/t46?,47-,48-,49+/m0/s1. The average Bonchev–Trinajstić information content (AvgIpc) is 3.28. The third-order valence-electron chi connectivity index (χ3n) is 11.3. The molecule has 0 aliphatic rings. The maximum absolute atomic E-state index is 12.7. The Morgan fingerprint density at radius 2 is 0.910 bits per heavy atom. The summed E-state index contributed by atoms with van der Waals surface area (Å²) in [7, 11) is -9.71. The van der Waals surface area contributed by atoms with Crippen LogP contribution in [0.3, 0.4) is 0 Å². The number of ether oxygens (including phenoxy) is 2. The lowest BCUT2D eigenvalue weighted by Gasteiger charge is -2.20. The molecule has 0 aromatic heterocycles. The van der Waals surface area contributed by atoms with E-state index < -0.39 is 66.2 Å². The Bertz CT molecular complexity index is 1400. The lowest BCUT2D eigenvalue weighted by atomic mass is 9.99. The second-order valence-corrected chi connectivity index (χ2v) is 20.7. The van der Waals surface area contributed by atoms with Gasteiger partial charge >= 0.3 is 27.6 Å². The number of carbonyl (C=O) groups excluding carboxylic acids is 2. The summed E-state index contributed by atoms with van der Waals surface area (Å²) in [5.74, 6) is -0.225. The predicted octanol–water partition coefficient (Wildman–Crippen LogP) is 13.0. The lowest BCUT2D eigenvalue weighted by molar-refractivity contribution is -0.161. The number of allylic oxidation sites excluding steroid dienone is 8. The van der Waals surface area contributed by atoms with E-state index in [1.54, 1.807) is 6.92 Å². The fourth-order valence-corrected chi connectivity index (χ4v) is 8.14. The number of unbranched alkanes of at least 4 members (excludes halogenated alkanes) is 19. The molecular formula is C51H94O14P2. The highest BCUT2D eigenvalue weighted by Gasteiger charge is 2.28. The summed E-state index contributed by atoms with van der Waals surface area (Å²) >= 11 is 0. The molecule has 0 bridgehead atoms. The van der Waals surface area contributed by atoms with Crippen molar-refractivity contribution in [3.8, 4) is 0 Å². The summed E-state index contributed by atoms with van der Waals surface area (Å²) in [5.41, 5.74) is 0. The zero-order chi connectivity index (χ0) is 49.7. The Morgan fingerprint density at radius 1 is 0.493 bits per heavy atom. The van der Waals surface area contributed by atoms with Crippen LogP contribution in [0.25, 0.3) is 0 Å². The number of rotatable bonds is 48. The Morgan fingerprint density at radius 3 is 1.39 bits per heavy atom. The molecule has 0 aromatic rings. The fraction of sp³-hybridized carbons (Fsp3) is 0.804. The van der Waals surface area contributed by atoms with E-state index in [-0.39, 0.29) is 18.9 Å². The van der Waals surface area contributed by atoms with Crippen LogP contribution in [0.5, 0.6) is 0 Å². The van der Waals surface area contributed by atoms with E-state index >= 15 is 0 Å². The second-order valence-electron chi connectivity index (χ2n) is 18.0. The Labute approximate surface area is 405 Å². The summed E-state index contributed by atoms with van der Waals surface area (Å²) < 4.78 is 47.9. The normalized spacial score (nSPS) is 15.2. The van der Waals surface area contributed by atoms with Gasteiger partial charge in [0.15, 0.2) is 6.10 Å². The number of carbonyl (C=O) groups is 2. The first-order valence-electron chi connectivity index (χ1n) is 25.8. The van der Waals surface area contributed by atoms with Crippen molar-refractivity contribution in [2.45, 2.75) is 232 Å². The molecule has 392 valence electrons. The van der Waals surface area contributed by atoms with Gasteiger partial charge in [0, 0.05) is 12.8 Å². The molecule has 16 heteroatoms. The minimum absolute atomic E-state index is 0.0442. The van der Waals surface area contributed by atoms with Gasteiger partial charge in [-0.15, -0.1) is 0 Å². The molecule has 0 aliphatic carbocycles. The maximum atomic E-state index is 12.7. The minimum atomic E-state index is -4.88. The van der Waals surface area contributed by atoms with Crippen LogP contribution in [0.2, 0.25) is 0 Å². The summed E-state index contributed by atoms with van der Waals surface area (Å²) in [6.45, 7) is 3.66. The summed E-state index contributed by atoms with van der Waals surface area (Å²) in [6, 6.07) is 0. The zero-order valence-electron chi connectivity index (χ0n) is 41.8. The van der Waals surface area contributed by atoms with Crippen molar-refractivity contribution in [1.82, 2.24) is 0 Å². The number of aliphatic hydroxyl groups is 2. The number of phosphoric acid groups is 2. The Hall–Kier alpha value is -1.96. The number of hydrogen-bond acceptors (Lipinski definition) is 11. The van der Waals surface area contributed by atoms with E-state index in [0.29, 0.717) is 19.3 Å². The van der Waals surface area contributed by atoms with Gasteiger partial charge in [0.1, 0.15) is 12.7 Å². The van der Waals surface area contributed by atoms with Crippen molar-refractivity contribution in [3.05, 3.63) is 48.6 Å². The van der Waals surface area contributed by atoms with E-state index in [9.17, 15) is 33.8 Å². The van der Waals surface area contributed by atoms with Crippen LogP contribution in [0.4, 0.5) is 0 Å². The number of hydrogen-bond donors (Lipinski definition) is 5. The van der Waals surface area contributed by atoms with Gasteiger partial charge in [-0.3, -0.25) is 23.2 Å². The van der Waals surface area contributed by atoms with Crippen molar-refractivity contribution in [3.63, 3.8) is 0 Å². The molecular weight excluding hydrogens is 898 g/mol. The van der Waals surface area contributed by atoms with Gasteiger partial charge in [-0.05, 0) is 70.6 Å². The van der Waals surface area contributed by atoms with Gasteiger partial charge in [-0.2, -0.15) is 0 Å².